The van der Waals surface area contributed by atoms with Crippen molar-refractivity contribution >= 4 is 17.7 Å². The molecule has 18 heavy (non-hydrogen) atoms. The lowest BCUT2D eigenvalue weighted by molar-refractivity contribution is -0.123. The van der Waals surface area contributed by atoms with E-state index in [9.17, 15) is 4.79 Å². The van der Waals surface area contributed by atoms with E-state index in [-0.39, 0.29) is 5.91 Å². The van der Waals surface area contributed by atoms with Gasteiger partial charge < -0.3 is 11.1 Å². The van der Waals surface area contributed by atoms with Crippen LogP contribution < -0.4 is 11.1 Å². The van der Waals surface area contributed by atoms with E-state index in [1.807, 2.05) is 25.1 Å². The zero-order valence-corrected chi connectivity index (χ0v) is 11.8. The predicted molar refractivity (Wildman–Crippen MR) is 75.5 cm³/mol. The first-order valence-electron chi connectivity index (χ1n) is 6.11. The first-order valence-corrected chi connectivity index (χ1v) is 7.10. The number of thioether (sulfide) groups is 1. The molecule has 0 saturated heterocycles. The molecule has 1 amide bonds. The minimum Gasteiger partial charge on any atom is -0.368 e. The number of nitrogens with zero attached hydrogens (tertiary/aromatic N) is 1. The van der Waals surface area contributed by atoms with Crippen LogP contribution in [0.2, 0.25) is 0 Å². The molecule has 100 valence electrons. The number of pyridine rings is 1. The average Bonchev–Trinajstić information content (AvgIpc) is 2.39. The Balaban J connectivity index is 2.21. The molecule has 0 spiro atoms. The number of nitrogens with one attached hydrogen (secondary N) is 1. The van der Waals surface area contributed by atoms with E-state index in [2.05, 4.69) is 10.3 Å². The van der Waals surface area contributed by atoms with Gasteiger partial charge in [0.25, 0.3) is 0 Å². The summed E-state index contributed by atoms with van der Waals surface area (Å²) >= 11 is 1.74. The third kappa shape index (κ3) is 4.66. The molecule has 0 aromatic carbocycles. The minimum atomic E-state index is -0.588. The molecule has 1 rings (SSSR count). The van der Waals surface area contributed by atoms with Crippen molar-refractivity contribution in [3.63, 3.8) is 0 Å². The van der Waals surface area contributed by atoms with Crippen LogP contribution in [0.15, 0.2) is 29.4 Å². The summed E-state index contributed by atoms with van der Waals surface area (Å²) in [5.74, 6) is 0.720. The first kappa shape index (κ1) is 15.0. The van der Waals surface area contributed by atoms with E-state index in [1.54, 1.807) is 25.0 Å². The van der Waals surface area contributed by atoms with Crippen molar-refractivity contribution in [2.45, 2.75) is 36.8 Å². The average molecular weight is 267 g/mol. The molecule has 1 unspecified atom stereocenters. The number of carbonyl (C=O) groups excluding carboxylic acids is 1. The Bertz CT molecular complexity index is 372. The molecule has 0 aliphatic heterocycles. The Labute approximate surface area is 113 Å². The fourth-order valence-corrected chi connectivity index (χ4v) is 2.43. The molecule has 4 nitrogen and oxygen atoms in total. The molecule has 0 fully saturated rings. The Hall–Kier alpha value is -1.07. The number of nitrogens with two attached hydrogens (primary N) is 1. The van der Waals surface area contributed by atoms with Crippen LogP contribution in [0.25, 0.3) is 0 Å². The van der Waals surface area contributed by atoms with Crippen LogP contribution in [0.1, 0.15) is 26.2 Å². The second-order valence-electron chi connectivity index (χ2n) is 4.42. The SMILES string of the molecule is CNC(C)(CCCCSc1ccccn1)C(N)=O. The minimum absolute atomic E-state index is 0.289. The highest BCUT2D eigenvalue weighted by molar-refractivity contribution is 7.99. The van der Waals surface area contributed by atoms with E-state index in [0.29, 0.717) is 0 Å². The molecule has 0 saturated carbocycles. The zero-order valence-electron chi connectivity index (χ0n) is 11.0. The third-order valence-corrected chi connectivity index (χ3v) is 4.08. The number of rotatable bonds is 8. The fraction of sp³-hybridized carbons (Fsp3) is 0.538. The molecular weight excluding hydrogens is 246 g/mol. The maximum Gasteiger partial charge on any atom is 0.237 e. The van der Waals surface area contributed by atoms with E-state index < -0.39 is 5.54 Å². The summed E-state index contributed by atoms with van der Waals surface area (Å²) in [7, 11) is 1.77. The molecule has 0 bridgehead atoms. The van der Waals surface area contributed by atoms with Gasteiger partial charge in [-0.15, -0.1) is 11.8 Å². The van der Waals surface area contributed by atoms with Gasteiger partial charge in [0.15, 0.2) is 0 Å². The highest BCUT2D eigenvalue weighted by Gasteiger charge is 2.27. The van der Waals surface area contributed by atoms with Gasteiger partial charge in [-0.2, -0.15) is 0 Å². The number of aromatic nitrogens is 1. The summed E-state index contributed by atoms with van der Waals surface area (Å²) in [6.07, 6.45) is 4.58. The Morgan fingerprint density at radius 1 is 1.50 bits per heavy atom. The molecule has 0 radical (unpaired) electrons. The first-order chi connectivity index (χ1) is 8.58. The third-order valence-electron chi connectivity index (χ3n) is 3.05. The van der Waals surface area contributed by atoms with Gasteiger partial charge in [0.05, 0.1) is 10.6 Å². The summed E-state index contributed by atoms with van der Waals surface area (Å²) in [6, 6.07) is 5.90. The second-order valence-corrected chi connectivity index (χ2v) is 5.54. The Morgan fingerprint density at radius 3 is 2.83 bits per heavy atom. The standard InChI is InChI=1S/C13H21N3OS/c1-13(15-2,12(14)17)8-4-6-10-18-11-7-3-5-9-16-11/h3,5,7,9,15H,4,6,8,10H2,1-2H3,(H2,14,17). The summed E-state index contributed by atoms with van der Waals surface area (Å²) in [5, 5.41) is 4.04. The highest BCUT2D eigenvalue weighted by Crippen LogP contribution is 2.18. The molecule has 5 heteroatoms. The molecule has 1 aromatic heterocycles. The maximum atomic E-state index is 11.3. The van der Waals surface area contributed by atoms with Gasteiger partial charge in [0.2, 0.25) is 5.91 Å². The molecule has 1 aromatic rings. The summed E-state index contributed by atoms with van der Waals surface area (Å²) in [5.41, 5.74) is 4.78. The molecule has 1 heterocycles. The van der Waals surface area contributed by atoms with Crippen LogP contribution in [0.3, 0.4) is 0 Å². The van der Waals surface area contributed by atoms with Crippen molar-refractivity contribution in [3.8, 4) is 0 Å². The lowest BCUT2D eigenvalue weighted by Gasteiger charge is -2.25. The van der Waals surface area contributed by atoms with Crippen LogP contribution in [0.4, 0.5) is 0 Å². The zero-order chi connectivity index (χ0) is 13.4. The maximum absolute atomic E-state index is 11.3. The van der Waals surface area contributed by atoms with Crippen molar-refractivity contribution in [3.05, 3.63) is 24.4 Å². The van der Waals surface area contributed by atoms with Crippen LogP contribution in [-0.4, -0.2) is 29.2 Å². The number of likely N-dealkylation sites (N-methyl/N-ethyl adjacent to an activating group) is 1. The summed E-state index contributed by atoms with van der Waals surface area (Å²) < 4.78 is 0. The van der Waals surface area contributed by atoms with Gasteiger partial charge in [-0.05, 0) is 44.7 Å². The van der Waals surface area contributed by atoms with Gasteiger partial charge in [-0.25, -0.2) is 4.98 Å². The predicted octanol–water partition coefficient (Wildman–Crippen LogP) is 1.81. The summed E-state index contributed by atoms with van der Waals surface area (Å²) in [4.78, 5) is 15.5. The number of hydrogen-bond donors (Lipinski definition) is 2. The quantitative estimate of drug-likeness (QED) is 0.557. The van der Waals surface area contributed by atoms with Crippen molar-refractivity contribution in [2.24, 2.45) is 5.73 Å². The number of carbonyl (C=O) groups is 1. The Morgan fingerprint density at radius 2 is 2.28 bits per heavy atom. The van der Waals surface area contributed by atoms with E-state index in [0.717, 1.165) is 30.0 Å². The lowest BCUT2D eigenvalue weighted by Crippen LogP contribution is -2.51. The topological polar surface area (TPSA) is 68.0 Å². The number of hydrogen-bond acceptors (Lipinski definition) is 4. The van der Waals surface area contributed by atoms with Gasteiger partial charge in [-0.1, -0.05) is 12.5 Å². The van der Waals surface area contributed by atoms with Crippen LogP contribution in [0, 0.1) is 0 Å². The monoisotopic (exact) mass is 267 g/mol. The van der Waals surface area contributed by atoms with Crippen LogP contribution >= 0.6 is 11.8 Å². The van der Waals surface area contributed by atoms with Gasteiger partial charge in [0.1, 0.15) is 0 Å². The van der Waals surface area contributed by atoms with Crippen molar-refractivity contribution in [1.82, 2.24) is 10.3 Å². The lowest BCUT2D eigenvalue weighted by atomic mass is 9.94. The molecule has 0 aliphatic rings. The van der Waals surface area contributed by atoms with E-state index in [1.165, 1.54) is 0 Å². The number of amides is 1. The fourth-order valence-electron chi connectivity index (χ4n) is 1.56. The summed E-state index contributed by atoms with van der Waals surface area (Å²) in [6.45, 7) is 1.85. The highest BCUT2D eigenvalue weighted by atomic mass is 32.2. The largest absolute Gasteiger partial charge is 0.368 e. The van der Waals surface area contributed by atoms with E-state index in [4.69, 9.17) is 5.73 Å². The van der Waals surface area contributed by atoms with E-state index >= 15 is 0 Å². The Kier molecular flexibility index (Phi) is 6.15. The second kappa shape index (κ2) is 7.38. The van der Waals surface area contributed by atoms with Crippen LogP contribution in [0.5, 0.6) is 0 Å². The number of primary amides is 1. The van der Waals surface area contributed by atoms with Crippen molar-refractivity contribution < 1.29 is 4.79 Å². The number of unbranched alkanes of at least 4 members (excludes halogenated alkanes) is 1. The molecule has 1 atom stereocenters. The normalized spacial score (nSPS) is 14.1. The van der Waals surface area contributed by atoms with Crippen molar-refractivity contribution in [1.29, 1.82) is 0 Å². The smallest absolute Gasteiger partial charge is 0.237 e. The van der Waals surface area contributed by atoms with Crippen molar-refractivity contribution in [2.75, 3.05) is 12.8 Å². The molecular formula is C13H21N3OS. The van der Waals surface area contributed by atoms with Gasteiger partial charge >= 0.3 is 0 Å². The molecule has 3 N–H and O–H groups in total. The van der Waals surface area contributed by atoms with Crippen LogP contribution in [-0.2, 0) is 4.79 Å². The van der Waals surface area contributed by atoms with Gasteiger partial charge in [0, 0.05) is 6.20 Å². The molecule has 0 aliphatic carbocycles. The van der Waals surface area contributed by atoms with Gasteiger partial charge in [-0.3, -0.25) is 4.79 Å².